The Morgan fingerprint density at radius 1 is 0.933 bits per heavy atom. The molecule has 7 heteroatoms. The number of pyridine rings is 1. The van der Waals surface area contributed by atoms with Gasteiger partial charge in [-0.1, -0.05) is 18.9 Å². The number of hydrogen-bond donors (Lipinski definition) is 0. The summed E-state index contributed by atoms with van der Waals surface area (Å²) >= 11 is 0. The summed E-state index contributed by atoms with van der Waals surface area (Å²) < 4.78 is 0. The maximum atomic E-state index is 12.7. The fraction of sp³-hybridized carbons (Fsp3) is 0.565. The first-order valence-electron chi connectivity index (χ1n) is 11.1. The fourth-order valence-corrected chi connectivity index (χ4v) is 4.26. The minimum Gasteiger partial charge on any atom is -0.354 e. The summed E-state index contributed by atoms with van der Waals surface area (Å²) in [5.74, 6) is 1.95. The second-order valence-corrected chi connectivity index (χ2v) is 8.35. The molecular weight excluding hydrogens is 376 g/mol. The van der Waals surface area contributed by atoms with Crippen molar-refractivity contribution in [2.75, 3.05) is 50.7 Å². The number of nitrogens with zero attached hydrogens (tertiary/aromatic N) is 6. The second-order valence-electron chi connectivity index (χ2n) is 8.35. The Hall–Kier alpha value is -2.54. The van der Waals surface area contributed by atoms with Gasteiger partial charge in [-0.05, 0) is 38.8 Å². The number of carbonyl (C=O) groups excluding carboxylic acids is 1. The number of rotatable bonds is 4. The predicted molar refractivity (Wildman–Crippen MR) is 118 cm³/mol. The lowest BCUT2D eigenvalue weighted by Crippen LogP contribution is -2.50. The fourth-order valence-electron chi connectivity index (χ4n) is 4.26. The molecule has 0 aliphatic carbocycles. The van der Waals surface area contributed by atoms with E-state index in [2.05, 4.69) is 31.6 Å². The van der Waals surface area contributed by atoms with Gasteiger partial charge in [-0.25, -0.2) is 9.97 Å². The molecule has 0 N–H and O–H groups in total. The highest BCUT2D eigenvalue weighted by atomic mass is 16.2. The first-order chi connectivity index (χ1) is 14.6. The van der Waals surface area contributed by atoms with Crippen molar-refractivity contribution in [1.29, 1.82) is 0 Å². The topological polar surface area (TPSA) is 65.5 Å². The van der Waals surface area contributed by atoms with Crippen molar-refractivity contribution in [1.82, 2.24) is 24.8 Å². The summed E-state index contributed by atoms with van der Waals surface area (Å²) in [5, 5.41) is 0. The van der Waals surface area contributed by atoms with Crippen LogP contribution >= 0.6 is 0 Å². The average molecular weight is 409 g/mol. The molecule has 0 bridgehead atoms. The zero-order chi connectivity index (χ0) is 20.9. The zero-order valence-corrected chi connectivity index (χ0v) is 18.2. The molecule has 2 aromatic rings. The van der Waals surface area contributed by atoms with Gasteiger partial charge in [0.25, 0.3) is 0 Å². The minimum absolute atomic E-state index is 0.289. The van der Waals surface area contributed by atoms with Crippen molar-refractivity contribution >= 4 is 11.7 Å². The SMILES string of the molecule is Cc1nc(-c2ccccn2)nc(N2CCN(CC(=O)N3CCCCCC3)CC2)c1C. The van der Waals surface area contributed by atoms with E-state index in [-0.39, 0.29) is 5.91 Å². The van der Waals surface area contributed by atoms with Crippen molar-refractivity contribution in [3.8, 4) is 11.5 Å². The smallest absolute Gasteiger partial charge is 0.236 e. The number of hydrogen-bond acceptors (Lipinski definition) is 6. The third-order valence-corrected chi connectivity index (χ3v) is 6.25. The van der Waals surface area contributed by atoms with E-state index in [4.69, 9.17) is 4.98 Å². The van der Waals surface area contributed by atoms with Crippen LogP contribution < -0.4 is 4.90 Å². The van der Waals surface area contributed by atoms with Gasteiger partial charge < -0.3 is 9.80 Å². The van der Waals surface area contributed by atoms with Gasteiger partial charge in [0.15, 0.2) is 5.82 Å². The lowest BCUT2D eigenvalue weighted by Gasteiger charge is -2.36. The van der Waals surface area contributed by atoms with Gasteiger partial charge >= 0.3 is 0 Å². The number of piperazine rings is 1. The largest absolute Gasteiger partial charge is 0.354 e. The molecule has 2 aromatic heterocycles. The first-order valence-corrected chi connectivity index (χ1v) is 11.1. The molecule has 160 valence electrons. The Morgan fingerprint density at radius 2 is 1.67 bits per heavy atom. The molecule has 0 radical (unpaired) electrons. The molecule has 0 saturated carbocycles. The Bertz CT molecular complexity index is 855. The highest BCUT2D eigenvalue weighted by molar-refractivity contribution is 5.78. The van der Waals surface area contributed by atoms with Gasteiger partial charge in [0.05, 0.1) is 6.54 Å². The van der Waals surface area contributed by atoms with E-state index < -0.39 is 0 Å². The van der Waals surface area contributed by atoms with Crippen LogP contribution in [0.15, 0.2) is 24.4 Å². The highest BCUT2D eigenvalue weighted by Gasteiger charge is 2.24. The Morgan fingerprint density at radius 3 is 2.33 bits per heavy atom. The van der Waals surface area contributed by atoms with Crippen molar-refractivity contribution in [2.45, 2.75) is 39.5 Å². The van der Waals surface area contributed by atoms with Crippen LogP contribution in [-0.4, -0.2) is 76.5 Å². The summed E-state index contributed by atoms with van der Waals surface area (Å²) in [7, 11) is 0. The van der Waals surface area contributed by atoms with Gasteiger partial charge in [0.1, 0.15) is 11.5 Å². The van der Waals surface area contributed by atoms with Gasteiger partial charge in [-0.2, -0.15) is 0 Å². The van der Waals surface area contributed by atoms with Gasteiger partial charge in [-0.3, -0.25) is 14.7 Å². The molecule has 0 unspecified atom stereocenters. The van der Waals surface area contributed by atoms with Crippen molar-refractivity contribution < 1.29 is 4.79 Å². The van der Waals surface area contributed by atoms with Crippen molar-refractivity contribution in [3.05, 3.63) is 35.7 Å². The second kappa shape index (κ2) is 9.51. The summed E-state index contributed by atoms with van der Waals surface area (Å²) in [5.41, 5.74) is 2.90. The van der Waals surface area contributed by atoms with E-state index in [1.165, 1.54) is 12.8 Å². The molecule has 7 nitrogen and oxygen atoms in total. The predicted octanol–water partition coefficient (Wildman–Crippen LogP) is 2.68. The van der Waals surface area contributed by atoms with E-state index in [0.717, 1.165) is 74.9 Å². The zero-order valence-electron chi connectivity index (χ0n) is 18.2. The number of likely N-dealkylation sites (tertiary alicyclic amines) is 1. The van der Waals surface area contributed by atoms with Crippen molar-refractivity contribution in [3.63, 3.8) is 0 Å². The van der Waals surface area contributed by atoms with Crippen LogP contribution in [0.4, 0.5) is 5.82 Å². The average Bonchev–Trinajstić information content (AvgIpc) is 3.06. The standard InChI is InChI=1S/C23H32N6O/c1-18-19(2)25-22(20-9-5-6-10-24-20)26-23(18)29-15-13-27(14-16-29)17-21(30)28-11-7-3-4-8-12-28/h5-6,9-10H,3-4,7-8,11-17H2,1-2H3. The van der Waals surface area contributed by atoms with Crippen LogP contribution in [0.2, 0.25) is 0 Å². The molecule has 4 heterocycles. The lowest BCUT2D eigenvalue weighted by molar-refractivity contribution is -0.132. The molecule has 2 fully saturated rings. The van der Waals surface area contributed by atoms with Crippen LogP contribution in [0, 0.1) is 13.8 Å². The van der Waals surface area contributed by atoms with Gasteiger partial charge in [0, 0.05) is 56.7 Å². The first kappa shape index (κ1) is 20.7. The maximum Gasteiger partial charge on any atom is 0.236 e. The molecule has 0 aromatic carbocycles. The number of aromatic nitrogens is 3. The van der Waals surface area contributed by atoms with Crippen molar-refractivity contribution in [2.24, 2.45) is 0 Å². The van der Waals surface area contributed by atoms with Crippen LogP contribution in [0.5, 0.6) is 0 Å². The summed E-state index contributed by atoms with van der Waals surface area (Å²) in [6.45, 7) is 9.99. The summed E-state index contributed by atoms with van der Waals surface area (Å²) in [6.07, 6.45) is 6.56. The number of amides is 1. The number of carbonyl (C=O) groups is 1. The van der Waals surface area contributed by atoms with Gasteiger partial charge in [-0.15, -0.1) is 0 Å². The van der Waals surface area contributed by atoms with E-state index in [9.17, 15) is 4.79 Å². The molecule has 2 aliphatic heterocycles. The van der Waals surface area contributed by atoms with E-state index in [1.807, 2.05) is 25.1 Å². The molecule has 1 amide bonds. The Labute approximate surface area is 179 Å². The van der Waals surface area contributed by atoms with Crippen LogP contribution in [0.3, 0.4) is 0 Å². The summed E-state index contributed by atoms with van der Waals surface area (Å²) in [4.78, 5) is 33.3. The quantitative estimate of drug-likeness (QED) is 0.775. The number of aryl methyl sites for hydroxylation is 1. The summed E-state index contributed by atoms with van der Waals surface area (Å²) in [6, 6.07) is 5.80. The third kappa shape index (κ3) is 4.78. The highest BCUT2D eigenvalue weighted by Crippen LogP contribution is 2.24. The molecule has 30 heavy (non-hydrogen) atoms. The number of anilines is 1. The Kier molecular flexibility index (Phi) is 6.57. The van der Waals surface area contributed by atoms with Gasteiger partial charge in [0.2, 0.25) is 5.91 Å². The molecule has 0 spiro atoms. The molecular formula is C23H32N6O. The minimum atomic E-state index is 0.289. The van der Waals surface area contributed by atoms with E-state index in [1.54, 1.807) is 6.20 Å². The third-order valence-electron chi connectivity index (χ3n) is 6.25. The molecule has 4 rings (SSSR count). The van der Waals surface area contributed by atoms with Crippen LogP contribution in [0.1, 0.15) is 36.9 Å². The molecule has 2 aliphatic rings. The normalized spacial score (nSPS) is 18.3. The monoisotopic (exact) mass is 408 g/mol. The van der Waals surface area contributed by atoms with Crippen LogP contribution in [-0.2, 0) is 4.79 Å². The van der Waals surface area contributed by atoms with E-state index >= 15 is 0 Å². The Balaban J connectivity index is 1.40. The van der Waals surface area contributed by atoms with Crippen LogP contribution in [0.25, 0.3) is 11.5 Å². The molecule has 2 saturated heterocycles. The van der Waals surface area contributed by atoms with E-state index in [0.29, 0.717) is 12.4 Å². The lowest BCUT2D eigenvalue weighted by atomic mass is 10.2. The maximum absolute atomic E-state index is 12.7. The molecule has 0 atom stereocenters.